The molecule has 23 heavy (non-hydrogen) atoms. The molecule has 0 saturated carbocycles. The number of rotatable bonds is 1. The van der Waals surface area contributed by atoms with Gasteiger partial charge in [-0.1, -0.05) is 83.5 Å². The maximum absolute atomic E-state index is 12.9. The molecule has 0 bridgehead atoms. The van der Waals surface area contributed by atoms with Crippen molar-refractivity contribution < 1.29 is 4.79 Å². The highest BCUT2D eigenvalue weighted by molar-refractivity contribution is 6.49. The normalized spacial score (nSPS) is 16.1. The van der Waals surface area contributed by atoms with Gasteiger partial charge >= 0.3 is 0 Å². The predicted molar refractivity (Wildman–Crippen MR) is 99.3 cm³/mol. The van der Waals surface area contributed by atoms with Gasteiger partial charge in [0.05, 0.1) is 5.03 Å². The van der Waals surface area contributed by atoms with Crippen LogP contribution in [0.2, 0.25) is 0 Å². The number of halogens is 1. The standard InChI is InChI=1S/C21H25ClO/c1-20(2,3)16-12-15(13-17(19(16)23)21(4,5)6)18(22)14-10-8-7-9-11-14/h7-13H,1-6H3. The van der Waals surface area contributed by atoms with Crippen molar-refractivity contribution in [3.63, 3.8) is 0 Å². The van der Waals surface area contributed by atoms with Crippen LogP contribution in [0.4, 0.5) is 0 Å². The highest BCUT2D eigenvalue weighted by atomic mass is 35.5. The second-order valence-corrected chi connectivity index (χ2v) is 8.46. The summed E-state index contributed by atoms with van der Waals surface area (Å²) in [5.74, 6) is 0.131. The molecule has 0 saturated heterocycles. The second kappa shape index (κ2) is 6.13. The Hall–Kier alpha value is -1.60. The third kappa shape index (κ3) is 3.84. The lowest BCUT2D eigenvalue weighted by molar-refractivity contribution is -0.114. The van der Waals surface area contributed by atoms with Crippen LogP contribution >= 0.6 is 11.6 Å². The highest BCUT2D eigenvalue weighted by Crippen LogP contribution is 2.41. The molecule has 0 unspecified atom stereocenters. The molecular formula is C21H25ClO. The van der Waals surface area contributed by atoms with Crippen LogP contribution in [0, 0.1) is 10.8 Å². The van der Waals surface area contributed by atoms with Gasteiger partial charge in [0.15, 0.2) is 5.78 Å². The van der Waals surface area contributed by atoms with E-state index in [9.17, 15) is 4.79 Å². The van der Waals surface area contributed by atoms with Gasteiger partial charge < -0.3 is 0 Å². The van der Waals surface area contributed by atoms with E-state index in [1.165, 1.54) is 0 Å². The Balaban J connectivity index is 2.68. The predicted octanol–water partition coefficient (Wildman–Crippen LogP) is 6.16. The Morgan fingerprint density at radius 2 is 1.26 bits per heavy atom. The Kier molecular flexibility index (Phi) is 4.73. The minimum atomic E-state index is -0.221. The first kappa shape index (κ1) is 17.7. The van der Waals surface area contributed by atoms with Crippen LogP contribution < -0.4 is 0 Å². The fourth-order valence-corrected chi connectivity index (χ4v) is 2.86. The van der Waals surface area contributed by atoms with Gasteiger partial charge in [-0.25, -0.2) is 0 Å². The van der Waals surface area contributed by atoms with Gasteiger partial charge in [-0.05, 0) is 34.1 Å². The number of Topliss-reactive ketones (excluding diaryl/α,β-unsaturated/α-hetero) is 1. The van der Waals surface area contributed by atoms with E-state index in [0.29, 0.717) is 5.03 Å². The molecule has 0 atom stereocenters. The number of hydrogen-bond acceptors (Lipinski definition) is 1. The first-order valence-corrected chi connectivity index (χ1v) is 8.34. The van der Waals surface area contributed by atoms with Gasteiger partial charge in [-0.3, -0.25) is 4.79 Å². The van der Waals surface area contributed by atoms with Crippen molar-refractivity contribution in [2.24, 2.45) is 10.8 Å². The molecule has 0 fully saturated rings. The number of carbonyl (C=O) groups excluding carboxylic acids is 1. The molecule has 1 aliphatic rings. The molecule has 0 aromatic heterocycles. The third-order valence-corrected chi connectivity index (χ3v) is 4.42. The first-order valence-electron chi connectivity index (χ1n) is 7.96. The van der Waals surface area contributed by atoms with Crippen LogP contribution in [-0.2, 0) is 4.79 Å². The van der Waals surface area contributed by atoms with Crippen molar-refractivity contribution in [3.05, 3.63) is 64.8 Å². The van der Waals surface area contributed by atoms with Gasteiger partial charge in [0.25, 0.3) is 0 Å². The van der Waals surface area contributed by atoms with E-state index in [0.717, 1.165) is 22.3 Å². The minimum Gasteiger partial charge on any atom is -0.289 e. The zero-order chi connectivity index (χ0) is 17.4. The topological polar surface area (TPSA) is 17.1 Å². The van der Waals surface area contributed by atoms with Crippen LogP contribution in [0.5, 0.6) is 0 Å². The van der Waals surface area contributed by atoms with E-state index in [-0.39, 0.29) is 16.6 Å². The van der Waals surface area contributed by atoms with Crippen molar-refractivity contribution in [3.8, 4) is 0 Å². The van der Waals surface area contributed by atoms with E-state index < -0.39 is 0 Å². The first-order chi connectivity index (χ1) is 10.5. The molecule has 1 nitrogen and oxygen atoms in total. The number of allylic oxidation sites excluding steroid dienone is 5. The Bertz CT molecular complexity index is 668. The number of benzene rings is 1. The fraction of sp³-hybridized carbons (Fsp3) is 0.381. The van der Waals surface area contributed by atoms with E-state index in [2.05, 4.69) is 41.5 Å². The SMILES string of the molecule is CC(C)(C)C1=CC(=C(Cl)c2ccccc2)C=C(C(C)(C)C)C1=O. The summed E-state index contributed by atoms with van der Waals surface area (Å²) >= 11 is 6.64. The van der Waals surface area contributed by atoms with Crippen molar-refractivity contribution in [2.45, 2.75) is 41.5 Å². The summed E-state index contributed by atoms with van der Waals surface area (Å²) in [5, 5.41) is 0.682. The molecule has 2 rings (SSSR count). The van der Waals surface area contributed by atoms with E-state index in [4.69, 9.17) is 11.6 Å². The monoisotopic (exact) mass is 328 g/mol. The second-order valence-electron chi connectivity index (χ2n) is 8.08. The van der Waals surface area contributed by atoms with Gasteiger partial charge in [0, 0.05) is 11.1 Å². The summed E-state index contributed by atoms with van der Waals surface area (Å²) in [6, 6.07) is 9.88. The molecule has 1 aromatic rings. The number of carbonyl (C=O) groups is 1. The summed E-state index contributed by atoms with van der Waals surface area (Å²) < 4.78 is 0. The van der Waals surface area contributed by atoms with Crippen LogP contribution in [0.15, 0.2) is 59.2 Å². The summed E-state index contributed by atoms with van der Waals surface area (Å²) in [6.45, 7) is 12.4. The summed E-state index contributed by atoms with van der Waals surface area (Å²) in [5.41, 5.74) is 3.06. The summed E-state index contributed by atoms with van der Waals surface area (Å²) in [4.78, 5) is 12.9. The largest absolute Gasteiger partial charge is 0.289 e. The van der Waals surface area contributed by atoms with Crippen LogP contribution in [-0.4, -0.2) is 5.78 Å². The quantitative estimate of drug-likeness (QED) is 0.603. The summed E-state index contributed by atoms with van der Waals surface area (Å²) in [7, 11) is 0. The molecular weight excluding hydrogens is 304 g/mol. The molecule has 0 heterocycles. The van der Waals surface area contributed by atoms with Gasteiger partial charge in [-0.15, -0.1) is 0 Å². The minimum absolute atomic E-state index is 0.131. The van der Waals surface area contributed by atoms with Crippen molar-refractivity contribution in [2.75, 3.05) is 0 Å². The zero-order valence-electron chi connectivity index (χ0n) is 14.8. The van der Waals surface area contributed by atoms with Crippen molar-refractivity contribution in [1.82, 2.24) is 0 Å². The maximum Gasteiger partial charge on any atom is 0.186 e. The van der Waals surface area contributed by atoms with Crippen molar-refractivity contribution >= 4 is 22.4 Å². The average molecular weight is 329 g/mol. The Labute approximate surface area is 144 Å². The molecule has 2 heteroatoms. The highest BCUT2D eigenvalue weighted by Gasteiger charge is 2.34. The molecule has 0 aliphatic heterocycles. The molecule has 0 spiro atoms. The summed E-state index contributed by atoms with van der Waals surface area (Å²) in [6.07, 6.45) is 3.90. The molecule has 1 aromatic carbocycles. The lowest BCUT2D eigenvalue weighted by Gasteiger charge is -2.31. The Morgan fingerprint density at radius 1 is 0.826 bits per heavy atom. The van der Waals surface area contributed by atoms with Crippen LogP contribution in [0.1, 0.15) is 47.1 Å². The molecule has 0 radical (unpaired) electrons. The smallest absolute Gasteiger partial charge is 0.186 e. The molecule has 122 valence electrons. The lowest BCUT2D eigenvalue weighted by Crippen LogP contribution is -2.28. The van der Waals surface area contributed by atoms with Gasteiger partial charge in [0.1, 0.15) is 0 Å². The van der Waals surface area contributed by atoms with Gasteiger partial charge in [-0.2, -0.15) is 0 Å². The van der Waals surface area contributed by atoms with E-state index >= 15 is 0 Å². The van der Waals surface area contributed by atoms with E-state index in [1.54, 1.807) is 0 Å². The molecule has 0 N–H and O–H groups in total. The number of ketones is 1. The average Bonchev–Trinajstić information content (AvgIpc) is 2.45. The fourth-order valence-electron chi connectivity index (χ4n) is 2.62. The molecule has 1 aliphatic carbocycles. The lowest BCUT2D eigenvalue weighted by atomic mass is 9.72. The van der Waals surface area contributed by atoms with Crippen LogP contribution in [0.3, 0.4) is 0 Å². The zero-order valence-corrected chi connectivity index (χ0v) is 15.6. The Morgan fingerprint density at radius 3 is 1.65 bits per heavy atom. The van der Waals surface area contributed by atoms with Gasteiger partial charge in [0.2, 0.25) is 0 Å². The molecule has 0 amide bonds. The third-order valence-electron chi connectivity index (χ3n) is 3.99. The maximum atomic E-state index is 12.9. The number of hydrogen-bond donors (Lipinski definition) is 0. The van der Waals surface area contributed by atoms with Crippen molar-refractivity contribution in [1.29, 1.82) is 0 Å². The van der Waals surface area contributed by atoms with Crippen LogP contribution in [0.25, 0.3) is 5.03 Å². The van der Waals surface area contributed by atoms with E-state index in [1.807, 2.05) is 42.5 Å².